The number of hydrogen-bond acceptors (Lipinski definition) is 4. The number of aryl methyl sites for hydroxylation is 1. The summed E-state index contributed by atoms with van der Waals surface area (Å²) >= 11 is 0. The molecule has 0 aliphatic heterocycles. The highest BCUT2D eigenvalue weighted by Crippen LogP contribution is 2.12. The van der Waals surface area contributed by atoms with Crippen molar-refractivity contribution in [1.29, 1.82) is 0 Å². The average molecular weight is 275 g/mol. The van der Waals surface area contributed by atoms with Crippen LogP contribution in [0.2, 0.25) is 0 Å². The normalized spacial score (nSPS) is 12.3. The number of nitrogens with one attached hydrogen (secondary N) is 1. The number of hydrogen-bond donors (Lipinski definition) is 2. The molecule has 0 aliphatic carbocycles. The molecule has 0 amide bonds. The van der Waals surface area contributed by atoms with Crippen LogP contribution in [-0.4, -0.2) is 24.9 Å². The summed E-state index contributed by atoms with van der Waals surface area (Å²) in [5, 5.41) is 13.2. The predicted octanol–water partition coefficient (Wildman–Crippen LogP) is 2.37. The lowest BCUT2D eigenvalue weighted by Crippen LogP contribution is -2.26. The van der Waals surface area contributed by atoms with E-state index in [2.05, 4.69) is 5.32 Å². The van der Waals surface area contributed by atoms with Gasteiger partial charge in [0, 0.05) is 13.1 Å². The Bertz CT molecular complexity index is 496. The number of furan rings is 1. The van der Waals surface area contributed by atoms with Gasteiger partial charge in [0.15, 0.2) is 0 Å². The maximum atomic E-state index is 9.91. The molecule has 2 aromatic rings. The Labute approximate surface area is 119 Å². The monoisotopic (exact) mass is 275 g/mol. The van der Waals surface area contributed by atoms with Crippen LogP contribution in [-0.2, 0) is 13.0 Å². The minimum absolute atomic E-state index is 0.351. The van der Waals surface area contributed by atoms with Crippen molar-refractivity contribution in [3.63, 3.8) is 0 Å². The first-order chi connectivity index (χ1) is 9.78. The summed E-state index contributed by atoms with van der Waals surface area (Å²) in [6.45, 7) is 1.30. The molecule has 4 nitrogen and oxygen atoms in total. The van der Waals surface area contributed by atoms with Gasteiger partial charge in [0.1, 0.15) is 5.75 Å². The van der Waals surface area contributed by atoms with Gasteiger partial charge in [0.2, 0.25) is 0 Å². The molecule has 0 bridgehead atoms. The van der Waals surface area contributed by atoms with Crippen LogP contribution in [0.25, 0.3) is 0 Å². The van der Waals surface area contributed by atoms with E-state index in [1.165, 1.54) is 0 Å². The van der Waals surface area contributed by atoms with Crippen LogP contribution < -0.4 is 10.1 Å². The third-order valence-electron chi connectivity index (χ3n) is 3.19. The molecule has 0 radical (unpaired) electrons. The molecule has 0 unspecified atom stereocenters. The summed E-state index contributed by atoms with van der Waals surface area (Å²) in [6.07, 6.45) is 4.58. The lowest BCUT2D eigenvalue weighted by molar-refractivity contribution is 0.161. The van der Waals surface area contributed by atoms with Crippen molar-refractivity contribution in [2.45, 2.75) is 25.5 Å². The third kappa shape index (κ3) is 4.72. The zero-order valence-electron chi connectivity index (χ0n) is 11.7. The Hall–Kier alpha value is -1.78. The van der Waals surface area contributed by atoms with Crippen LogP contribution in [0.1, 0.15) is 17.5 Å². The van der Waals surface area contributed by atoms with Crippen LogP contribution in [0.3, 0.4) is 0 Å². The summed E-state index contributed by atoms with van der Waals surface area (Å²) in [7, 11) is 1.66. The minimum atomic E-state index is -0.351. The first-order valence-electron chi connectivity index (χ1n) is 6.80. The van der Waals surface area contributed by atoms with Crippen molar-refractivity contribution < 1.29 is 14.3 Å². The molecule has 0 fully saturated rings. The van der Waals surface area contributed by atoms with Crippen LogP contribution in [0.15, 0.2) is 47.3 Å². The molecule has 20 heavy (non-hydrogen) atoms. The number of methoxy groups -OCH3 is 1. The fourth-order valence-electron chi connectivity index (χ4n) is 2.04. The minimum Gasteiger partial charge on any atom is -0.497 e. The van der Waals surface area contributed by atoms with E-state index in [0.29, 0.717) is 6.54 Å². The Morgan fingerprint density at radius 2 is 2.20 bits per heavy atom. The summed E-state index contributed by atoms with van der Waals surface area (Å²) in [4.78, 5) is 0. The van der Waals surface area contributed by atoms with E-state index in [0.717, 1.165) is 36.3 Å². The third-order valence-corrected chi connectivity index (χ3v) is 3.19. The Morgan fingerprint density at radius 1 is 1.30 bits per heavy atom. The summed E-state index contributed by atoms with van der Waals surface area (Å²) in [5.41, 5.74) is 2.27. The van der Waals surface area contributed by atoms with Crippen molar-refractivity contribution in [2.75, 3.05) is 13.7 Å². The first-order valence-corrected chi connectivity index (χ1v) is 6.80. The van der Waals surface area contributed by atoms with Crippen molar-refractivity contribution >= 4 is 0 Å². The Morgan fingerprint density at radius 3 is 2.95 bits per heavy atom. The van der Waals surface area contributed by atoms with Gasteiger partial charge in [-0.25, -0.2) is 0 Å². The highest BCUT2D eigenvalue weighted by molar-refractivity contribution is 5.28. The van der Waals surface area contributed by atoms with Crippen molar-refractivity contribution in [3.8, 4) is 5.75 Å². The lowest BCUT2D eigenvalue weighted by Gasteiger charge is -2.11. The molecule has 108 valence electrons. The molecule has 0 saturated carbocycles. The van der Waals surface area contributed by atoms with E-state index in [9.17, 15) is 5.11 Å². The number of rotatable bonds is 8. The largest absolute Gasteiger partial charge is 0.497 e. The molecule has 1 aromatic heterocycles. The van der Waals surface area contributed by atoms with Crippen molar-refractivity contribution in [2.24, 2.45) is 0 Å². The molecular weight excluding hydrogens is 254 g/mol. The van der Waals surface area contributed by atoms with E-state index in [4.69, 9.17) is 9.15 Å². The zero-order valence-corrected chi connectivity index (χ0v) is 11.7. The second-order valence-electron chi connectivity index (χ2n) is 4.81. The molecule has 1 heterocycles. The fraction of sp³-hybridized carbons (Fsp3) is 0.375. The van der Waals surface area contributed by atoms with E-state index in [-0.39, 0.29) is 6.10 Å². The SMILES string of the molecule is COc1cccc(CNC[C@H](O)CCc2ccoc2)c1. The highest BCUT2D eigenvalue weighted by atomic mass is 16.5. The number of ether oxygens (including phenoxy) is 1. The maximum Gasteiger partial charge on any atom is 0.119 e. The lowest BCUT2D eigenvalue weighted by atomic mass is 10.1. The maximum absolute atomic E-state index is 9.91. The first kappa shape index (κ1) is 14.6. The van der Waals surface area contributed by atoms with E-state index in [1.807, 2.05) is 30.3 Å². The van der Waals surface area contributed by atoms with E-state index < -0.39 is 0 Å². The molecule has 4 heteroatoms. The zero-order chi connectivity index (χ0) is 14.2. The standard InChI is InChI=1S/C16H21NO3/c1-19-16-4-2-3-14(9-16)10-17-11-15(18)6-5-13-7-8-20-12-13/h2-4,7-9,12,15,17-18H,5-6,10-11H2,1H3/t15-/m1/s1. The van der Waals surface area contributed by atoms with Crippen LogP contribution in [0.5, 0.6) is 5.75 Å². The second kappa shape index (κ2) is 7.72. The topological polar surface area (TPSA) is 54.6 Å². The summed E-state index contributed by atoms with van der Waals surface area (Å²) in [5.74, 6) is 0.852. The average Bonchev–Trinajstić information content (AvgIpc) is 2.99. The van der Waals surface area contributed by atoms with Crippen LogP contribution in [0.4, 0.5) is 0 Å². The predicted molar refractivity (Wildman–Crippen MR) is 77.7 cm³/mol. The van der Waals surface area contributed by atoms with Gasteiger partial charge in [-0.1, -0.05) is 12.1 Å². The van der Waals surface area contributed by atoms with E-state index >= 15 is 0 Å². The Kier molecular flexibility index (Phi) is 5.65. The number of aliphatic hydroxyl groups is 1. The molecule has 1 atom stereocenters. The summed E-state index contributed by atoms with van der Waals surface area (Å²) < 4.78 is 10.2. The molecule has 1 aromatic carbocycles. The van der Waals surface area contributed by atoms with Crippen molar-refractivity contribution in [3.05, 3.63) is 54.0 Å². The molecule has 0 saturated heterocycles. The van der Waals surface area contributed by atoms with Gasteiger partial charge >= 0.3 is 0 Å². The van der Waals surface area contributed by atoms with Gasteiger partial charge in [0.25, 0.3) is 0 Å². The summed E-state index contributed by atoms with van der Waals surface area (Å²) in [6, 6.07) is 9.84. The molecule has 2 rings (SSSR count). The van der Waals surface area contributed by atoms with E-state index in [1.54, 1.807) is 19.6 Å². The Balaban J connectivity index is 1.66. The number of aliphatic hydroxyl groups excluding tert-OH is 1. The van der Waals surface area contributed by atoms with Gasteiger partial charge < -0.3 is 19.6 Å². The highest BCUT2D eigenvalue weighted by Gasteiger charge is 2.05. The van der Waals surface area contributed by atoms with Gasteiger partial charge in [0.05, 0.1) is 25.7 Å². The number of benzene rings is 1. The molecular formula is C16H21NO3. The van der Waals surface area contributed by atoms with Gasteiger partial charge in [-0.15, -0.1) is 0 Å². The van der Waals surface area contributed by atoms with Crippen LogP contribution in [0, 0.1) is 0 Å². The van der Waals surface area contributed by atoms with Crippen molar-refractivity contribution in [1.82, 2.24) is 5.32 Å². The smallest absolute Gasteiger partial charge is 0.119 e. The van der Waals surface area contributed by atoms with Crippen LogP contribution >= 0.6 is 0 Å². The quantitative estimate of drug-likeness (QED) is 0.776. The fourth-order valence-corrected chi connectivity index (χ4v) is 2.04. The second-order valence-corrected chi connectivity index (χ2v) is 4.81. The van der Waals surface area contributed by atoms with Gasteiger partial charge in [-0.05, 0) is 42.2 Å². The molecule has 0 spiro atoms. The molecule has 2 N–H and O–H groups in total. The van der Waals surface area contributed by atoms with Gasteiger partial charge in [-0.3, -0.25) is 0 Å². The molecule has 0 aliphatic rings. The van der Waals surface area contributed by atoms with Gasteiger partial charge in [-0.2, -0.15) is 0 Å².